The summed E-state index contributed by atoms with van der Waals surface area (Å²) < 4.78 is 0. The zero-order valence-corrected chi connectivity index (χ0v) is 16.2. The van der Waals surface area contributed by atoms with Crippen molar-refractivity contribution in [2.75, 3.05) is 13.1 Å². The van der Waals surface area contributed by atoms with Crippen molar-refractivity contribution in [3.8, 4) is 0 Å². The van der Waals surface area contributed by atoms with Gasteiger partial charge >= 0.3 is 0 Å². The number of hydrogen-bond donors (Lipinski definition) is 2. The zero-order valence-electron chi connectivity index (χ0n) is 16.2. The van der Waals surface area contributed by atoms with Crippen molar-refractivity contribution in [2.24, 2.45) is 9.98 Å². The highest BCUT2D eigenvalue weighted by Crippen LogP contribution is 2.06. The Morgan fingerprint density at radius 3 is 2.73 bits per heavy atom. The quantitative estimate of drug-likeness (QED) is 0.844. The van der Waals surface area contributed by atoms with Gasteiger partial charge in [0.1, 0.15) is 5.69 Å². The molecule has 1 atom stereocenters. The minimum Gasteiger partial charge on any atom is -0.347 e. The Bertz CT molecular complexity index is 686. The molecule has 0 saturated heterocycles. The van der Waals surface area contributed by atoms with E-state index in [0.29, 0.717) is 12.4 Å². The summed E-state index contributed by atoms with van der Waals surface area (Å²) in [7, 11) is 0. The number of carbonyl (C=O) groups is 1. The third-order valence-electron chi connectivity index (χ3n) is 3.89. The lowest BCUT2D eigenvalue weighted by Gasteiger charge is -2.23. The molecule has 1 unspecified atom stereocenters. The predicted octanol–water partition coefficient (Wildman–Crippen LogP) is 1.74. The third kappa shape index (κ3) is 6.52. The number of nitrogens with one attached hydrogen (secondary N) is 2. The number of quaternary nitrogens is 1. The van der Waals surface area contributed by atoms with Crippen LogP contribution < -0.4 is 10.2 Å². The van der Waals surface area contributed by atoms with Gasteiger partial charge < -0.3 is 5.32 Å². The lowest BCUT2D eigenvalue weighted by molar-refractivity contribution is -0.851. The molecule has 0 bridgehead atoms. The van der Waals surface area contributed by atoms with Crippen molar-refractivity contribution in [3.63, 3.8) is 0 Å². The van der Waals surface area contributed by atoms with Gasteiger partial charge in [0.2, 0.25) is 5.82 Å². The SMILES string of the molecule is CC[NH+](CC(=O)NC(C)(C)C)C1=C\CCCC=N/C(c2ccccn2)=N\1. The Kier molecular flexibility index (Phi) is 7.21. The Morgan fingerprint density at radius 1 is 1.27 bits per heavy atom. The Balaban J connectivity index is 2.28. The molecule has 0 saturated carbocycles. The van der Waals surface area contributed by atoms with Gasteiger partial charge in [-0.25, -0.2) is 4.99 Å². The van der Waals surface area contributed by atoms with Gasteiger partial charge in [-0.15, -0.1) is 0 Å². The van der Waals surface area contributed by atoms with Gasteiger partial charge in [0, 0.05) is 18.0 Å². The molecule has 1 amide bonds. The fourth-order valence-corrected chi connectivity index (χ4v) is 2.68. The fraction of sp³-hybridized carbons (Fsp3) is 0.500. The average Bonchev–Trinajstić information content (AvgIpc) is 2.71. The number of carbonyl (C=O) groups excluding carboxylic acids is 1. The van der Waals surface area contributed by atoms with Crippen LogP contribution in [0.5, 0.6) is 0 Å². The lowest BCUT2D eigenvalue weighted by atomic mass is 10.1. The van der Waals surface area contributed by atoms with Crippen molar-refractivity contribution < 1.29 is 9.69 Å². The van der Waals surface area contributed by atoms with Gasteiger partial charge in [-0.05, 0) is 65.2 Å². The number of likely N-dealkylation sites (N-methyl/N-ethyl adjacent to an activating group) is 1. The van der Waals surface area contributed by atoms with Crippen molar-refractivity contribution in [2.45, 2.75) is 52.5 Å². The normalized spacial score (nSPS) is 20.6. The highest BCUT2D eigenvalue weighted by Gasteiger charge is 2.22. The van der Waals surface area contributed by atoms with Gasteiger partial charge in [0.15, 0.2) is 12.4 Å². The average molecular weight is 356 g/mol. The van der Waals surface area contributed by atoms with E-state index in [1.165, 1.54) is 0 Å². The van der Waals surface area contributed by atoms with E-state index >= 15 is 0 Å². The first kappa shape index (κ1) is 20.0. The number of allylic oxidation sites excluding steroid dienone is 1. The summed E-state index contributed by atoms with van der Waals surface area (Å²) in [4.78, 5) is 27.1. The van der Waals surface area contributed by atoms with Crippen LogP contribution in [0, 0.1) is 0 Å². The molecule has 6 heteroatoms. The Hall–Kier alpha value is -2.34. The number of nitrogens with zero attached hydrogens (tertiary/aromatic N) is 3. The van der Waals surface area contributed by atoms with E-state index in [4.69, 9.17) is 4.99 Å². The topological polar surface area (TPSA) is 71.2 Å². The molecular weight excluding hydrogens is 326 g/mol. The van der Waals surface area contributed by atoms with Gasteiger partial charge in [-0.2, -0.15) is 4.99 Å². The first-order valence-electron chi connectivity index (χ1n) is 9.28. The van der Waals surface area contributed by atoms with E-state index in [2.05, 4.69) is 28.3 Å². The summed E-state index contributed by atoms with van der Waals surface area (Å²) in [5.41, 5.74) is 0.501. The highest BCUT2D eigenvalue weighted by atomic mass is 16.2. The van der Waals surface area contributed by atoms with Crippen molar-refractivity contribution in [3.05, 3.63) is 42.0 Å². The fourth-order valence-electron chi connectivity index (χ4n) is 2.68. The van der Waals surface area contributed by atoms with Crippen molar-refractivity contribution in [1.82, 2.24) is 10.3 Å². The Morgan fingerprint density at radius 2 is 2.08 bits per heavy atom. The lowest BCUT2D eigenvalue weighted by Crippen LogP contribution is -3.11. The van der Waals surface area contributed by atoms with E-state index in [0.717, 1.165) is 42.2 Å². The number of aliphatic imine (C=N–C) groups is 2. The third-order valence-corrected chi connectivity index (χ3v) is 3.89. The molecule has 140 valence electrons. The van der Waals surface area contributed by atoms with E-state index in [1.54, 1.807) is 6.20 Å². The zero-order chi connectivity index (χ0) is 19.0. The minimum atomic E-state index is -0.241. The number of amidine groups is 1. The number of hydrogen-bond acceptors (Lipinski definition) is 4. The van der Waals surface area contributed by atoms with E-state index in [-0.39, 0.29) is 11.4 Å². The molecule has 1 aromatic heterocycles. The monoisotopic (exact) mass is 356 g/mol. The second-order valence-corrected chi connectivity index (χ2v) is 7.41. The van der Waals surface area contributed by atoms with Crippen LogP contribution in [0.3, 0.4) is 0 Å². The molecule has 26 heavy (non-hydrogen) atoms. The van der Waals surface area contributed by atoms with Crippen molar-refractivity contribution >= 4 is 18.0 Å². The summed E-state index contributed by atoms with van der Waals surface area (Å²) in [6.07, 6.45) is 8.61. The number of aromatic nitrogens is 1. The predicted molar refractivity (Wildman–Crippen MR) is 105 cm³/mol. The van der Waals surface area contributed by atoms with Crippen LogP contribution in [0.4, 0.5) is 0 Å². The summed E-state index contributed by atoms with van der Waals surface area (Å²) >= 11 is 0. The molecule has 1 aliphatic rings. The van der Waals surface area contributed by atoms with Crippen LogP contribution in [0.15, 0.2) is 46.3 Å². The minimum absolute atomic E-state index is 0.0215. The summed E-state index contributed by atoms with van der Waals surface area (Å²) in [5.74, 6) is 1.48. The van der Waals surface area contributed by atoms with Crippen molar-refractivity contribution in [1.29, 1.82) is 0 Å². The van der Waals surface area contributed by atoms with Gasteiger partial charge in [-0.1, -0.05) is 6.07 Å². The maximum absolute atomic E-state index is 12.4. The van der Waals surface area contributed by atoms with Crippen LogP contribution in [-0.2, 0) is 4.79 Å². The first-order chi connectivity index (χ1) is 12.4. The van der Waals surface area contributed by atoms with Crippen LogP contribution in [-0.4, -0.2) is 41.6 Å². The van der Waals surface area contributed by atoms with Crippen LogP contribution in [0.25, 0.3) is 0 Å². The molecule has 0 aromatic carbocycles. The van der Waals surface area contributed by atoms with Gasteiger partial charge in [0.25, 0.3) is 5.91 Å². The number of amides is 1. The molecule has 0 spiro atoms. The molecule has 1 aliphatic heterocycles. The molecule has 0 fully saturated rings. The molecule has 6 nitrogen and oxygen atoms in total. The van der Waals surface area contributed by atoms with E-state index in [1.807, 2.05) is 45.2 Å². The maximum Gasteiger partial charge on any atom is 0.276 e. The van der Waals surface area contributed by atoms with E-state index in [9.17, 15) is 4.79 Å². The van der Waals surface area contributed by atoms with Crippen LogP contribution in [0.2, 0.25) is 0 Å². The van der Waals surface area contributed by atoms with E-state index < -0.39 is 0 Å². The van der Waals surface area contributed by atoms with Gasteiger partial charge in [-0.3, -0.25) is 14.7 Å². The summed E-state index contributed by atoms with van der Waals surface area (Å²) in [5, 5.41) is 3.03. The summed E-state index contributed by atoms with van der Waals surface area (Å²) in [6.45, 7) is 9.15. The second-order valence-electron chi connectivity index (χ2n) is 7.41. The van der Waals surface area contributed by atoms with Crippen LogP contribution in [0.1, 0.15) is 52.7 Å². The molecule has 2 N–H and O–H groups in total. The molecule has 2 rings (SSSR count). The maximum atomic E-state index is 12.4. The standard InChI is InChI=1S/C20H29N5O/c1-5-25(15-18(26)24-20(2,3)4)17-12-7-6-9-14-22-19(23-17)16-11-8-10-13-21-16/h8,10-14H,5-7,9,15H2,1-4H3,(H,24,26)/p+1/b17-12-,22-14?,23-19-. The molecular formula is C20H30N5O+. The smallest absolute Gasteiger partial charge is 0.276 e. The molecule has 0 aliphatic carbocycles. The Labute approximate surface area is 156 Å². The second kappa shape index (κ2) is 9.38. The van der Waals surface area contributed by atoms with Crippen LogP contribution >= 0.6 is 0 Å². The summed E-state index contributed by atoms with van der Waals surface area (Å²) in [6, 6.07) is 5.71. The molecule has 2 heterocycles. The molecule has 1 aromatic rings. The highest BCUT2D eigenvalue weighted by molar-refractivity contribution is 6.02. The number of rotatable bonds is 5. The molecule has 0 radical (unpaired) electrons. The van der Waals surface area contributed by atoms with Gasteiger partial charge in [0.05, 0.1) is 6.54 Å². The number of pyridine rings is 1. The largest absolute Gasteiger partial charge is 0.347 e. The first-order valence-corrected chi connectivity index (χ1v) is 9.28.